The van der Waals surface area contributed by atoms with Crippen LogP contribution in [0.1, 0.15) is 0 Å². The molecule has 0 unspecified atom stereocenters. The molecule has 0 aliphatic rings. The average molecular weight is 656 g/mol. The molecule has 0 N–H and O–H groups in total. The fourth-order valence-corrected chi connectivity index (χ4v) is 8.31. The average Bonchev–Trinajstić information content (AvgIpc) is 3.77. The van der Waals surface area contributed by atoms with Crippen molar-refractivity contribution in [1.82, 2.24) is 14.5 Å². The molecule has 0 saturated heterocycles. The standard InChI is InChI=1S/C46H29N3S/c1-3-15-34-30(12-1)14-11-19-35(34)31-24-26-32(27-25-31)39-29-40(45-28-33-13-2-10-23-44(33)50-45)48-46(47-39)38-18-6-9-22-43(38)49-41-20-7-4-16-36(41)37-17-5-8-21-42(37)49/h1-29H. The summed E-state index contributed by atoms with van der Waals surface area (Å²) >= 11 is 1.77. The van der Waals surface area contributed by atoms with Crippen LogP contribution in [-0.4, -0.2) is 14.5 Å². The molecule has 3 nitrogen and oxygen atoms in total. The Morgan fingerprint density at radius 2 is 1.00 bits per heavy atom. The summed E-state index contributed by atoms with van der Waals surface area (Å²) in [6, 6.07) is 62.6. The zero-order valence-electron chi connectivity index (χ0n) is 27.0. The van der Waals surface area contributed by atoms with Gasteiger partial charge in [0.25, 0.3) is 0 Å². The van der Waals surface area contributed by atoms with Gasteiger partial charge in [-0.15, -0.1) is 11.3 Å². The lowest BCUT2D eigenvalue weighted by atomic mass is 9.97. The molecule has 50 heavy (non-hydrogen) atoms. The third-order valence-corrected chi connectivity index (χ3v) is 10.8. The Balaban J connectivity index is 1.17. The Morgan fingerprint density at radius 1 is 0.420 bits per heavy atom. The van der Waals surface area contributed by atoms with E-state index in [0.717, 1.165) is 44.1 Å². The van der Waals surface area contributed by atoms with Crippen LogP contribution in [0.4, 0.5) is 0 Å². The maximum Gasteiger partial charge on any atom is 0.162 e. The second-order valence-electron chi connectivity index (χ2n) is 12.6. The van der Waals surface area contributed by atoms with Crippen molar-refractivity contribution in [2.75, 3.05) is 0 Å². The van der Waals surface area contributed by atoms with Crippen LogP contribution < -0.4 is 0 Å². The maximum absolute atomic E-state index is 5.32. The summed E-state index contributed by atoms with van der Waals surface area (Å²) in [7, 11) is 0. The monoisotopic (exact) mass is 655 g/mol. The number of benzene rings is 7. The number of fused-ring (bicyclic) bond motifs is 5. The molecule has 0 radical (unpaired) electrons. The summed E-state index contributed by atoms with van der Waals surface area (Å²) in [6.07, 6.45) is 0. The molecule has 0 fully saturated rings. The van der Waals surface area contributed by atoms with Gasteiger partial charge in [-0.25, -0.2) is 9.97 Å². The number of hydrogen-bond donors (Lipinski definition) is 0. The van der Waals surface area contributed by atoms with Crippen molar-refractivity contribution in [3.8, 4) is 50.0 Å². The molecule has 0 bridgehead atoms. The van der Waals surface area contributed by atoms with Crippen molar-refractivity contribution < 1.29 is 0 Å². The van der Waals surface area contributed by atoms with Crippen molar-refractivity contribution in [3.63, 3.8) is 0 Å². The smallest absolute Gasteiger partial charge is 0.162 e. The van der Waals surface area contributed by atoms with Gasteiger partial charge in [0, 0.05) is 26.6 Å². The van der Waals surface area contributed by atoms with Crippen molar-refractivity contribution in [1.29, 1.82) is 0 Å². The van der Waals surface area contributed by atoms with Crippen LogP contribution in [0.3, 0.4) is 0 Å². The molecule has 0 amide bonds. The van der Waals surface area contributed by atoms with Gasteiger partial charge in [-0.05, 0) is 69.8 Å². The van der Waals surface area contributed by atoms with Gasteiger partial charge < -0.3 is 4.57 Å². The second-order valence-corrected chi connectivity index (χ2v) is 13.7. The Kier molecular flexibility index (Phi) is 6.68. The molecule has 10 rings (SSSR count). The fraction of sp³-hybridized carbons (Fsp3) is 0. The Bertz CT molecular complexity index is 2790. The highest BCUT2D eigenvalue weighted by molar-refractivity contribution is 7.22. The van der Waals surface area contributed by atoms with Crippen LogP contribution >= 0.6 is 11.3 Å². The molecule has 0 aliphatic heterocycles. The lowest BCUT2D eigenvalue weighted by Gasteiger charge is -2.15. The van der Waals surface area contributed by atoms with Gasteiger partial charge in [0.1, 0.15) is 0 Å². The van der Waals surface area contributed by atoms with Crippen LogP contribution in [0.5, 0.6) is 0 Å². The first-order chi connectivity index (χ1) is 24.8. The van der Waals surface area contributed by atoms with Crippen molar-refractivity contribution in [2.45, 2.75) is 0 Å². The number of hydrogen-bond acceptors (Lipinski definition) is 3. The molecular formula is C46H29N3S. The minimum atomic E-state index is 0.700. The summed E-state index contributed by atoms with van der Waals surface area (Å²) in [5.41, 5.74) is 9.62. The summed E-state index contributed by atoms with van der Waals surface area (Å²) in [6.45, 7) is 0. The SMILES string of the molecule is c1ccc(-n2c3ccccc3c3ccccc32)c(-c2nc(-c3ccc(-c4cccc5ccccc45)cc3)cc(-c3cc4ccccc4s3)n2)c1. The van der Waals surface area contributed by atoms with Gasteiger partial charge in [0.05, 0.1) is 33.0 Å². The quantitative estimate of drug-likeness (QED) is 0.185. The number of aromatic nitrogens is 3. The first-order valence-electron chi connectivity index (χ1n) is 16.8. The van der Waals surface area contributed by atoms with Gasteiger partial charge >= 0.3 is 0 Å². The first kappa shape index (κ1) is 28.6. The van der Waals surface area contributed by atoms with E-state index in [1.807, 2.05) is 0 Å². The highest BCUT2D eigenvalue weighted by atomic mass is 32.1. The van der Waals surface area contributed by atoms with E-state index in [-0.39, 0.29) is 0 Å². The molecule has 3 aromatic heterocycles. The molecule has 4 heteroatoms. The third kappa shape index (κ3) is 4.73. The normalized spacial score (nSPS) is 11.6. The van der Waals surface area contributed by atoms with Crippen LogP contribution in [0.2, 0.25) is 0 Å². The predicted octanol–water partition coefficient (Wildman–Crippen LogP) is 12.6. The van der Waals surface area contributed by atoms with E-state index < -0.39 is 0 Å². The zero-order chi connectivity index (χ0) is 33.0. The lowest BCUT2D eigenvalue weighted by molar-refractivity contribution is 1.14. The molecule has 0 spiro atoms. The minimum Gasteiger partial charge on any atom is -0.309 e. The number of nitrogens with zero attached hydrogens (tertiary/aromatic N) is 3. The van der Waals surface area contributed by atoms with Gasteiger partial charge in [-0.3, -0.25) is 0 Å². The Labute approximate surface area is 293 Å². The topological polar surface area (TPSA) is 30.7 Å². The summed E-state index contributed by atoms with van der Waals surface area (Å²) in [4.78, 5) is 11.8. The molecule has 0 saturated carbocycles. The van der Waals surface area contributed by atoms with Crippen LogP contribution in [0, 0.1) is 0 Å². The summed E-state index contributed by atoms with van der Waals surface area (Å²) in [5.74, 6) is 0.700. The highest BCUT2D eigenvalue weighted by Gasteiger charge is 2.19. The zero-order valence-corrected chi connectivity index (χ0v) is 27.8. The second kappa shape index (κ2) is 11.7. The molecular weight excluding hydrogens is 627 g/mol. The third-order valence-electron chi connectivity index (χ3n) is 9.65. The predicted molar refractivity (Wildman–Crippen MR) is 211 cm³/mol. The van der Waals surface area contributed by atoms with Crippen molar-refractivity contribution >= 4 is 54.0 Å². The molecule has 234 valence electrons. The number of para-hydroxylation sites is 3. The minimum absolute atomic E-state index is 0.700. The largest absolute Gasteiger partial charge is 0.309 e. The van der Waals surface area contributed by atoms with E-state index in [4.69, 9.17) is 9.97 Å². The molecule has 7 aromatic carbocycles. The lowest BCUT2D eigenvalue weighted by Crippen LogP contribution is -2.01. The van der Waals surface area contributed by atoms with E-state index in [1.165, 1.54) is 42.8 Å². The van der Waals surface area contributed by atoms with E-state index in [2.05, 4.69) is 180 Å². The number of thiophene rings is 1. The Morgan fingerprint density at radius 3 is 1.78 bits per heavy atom. The molecule has 10 aromatic rings. The molecule has 0 atom stereocenters. The van der Waals surface area contributed by atoms with Gasteiger partial charge in [-0.1, -0.05) is 133 Å². The number of rotatable bonds is 5. The first-order valence-corrected chi connectivity index (χ1v) is 17.6. The van der Waals surface area contributed by atoms with Crippen LogP contribution in [0.15, 0.2) is 176 Å². The van der Waals surface area contributed by atoms with E-state index in [9.17, 15) is 0 Å². The molecule has 0 aliphatic carbocycles. The van der Waals surface area contributed by atoms with Gasteiger partial charge in [0.2, 0.25) is 0 Å². The summed E-state index contributed by atoms with van der Waals surface area (Å²) in [5, 5.41) is 6.17. The fourth-order valence-electron chi connectivity index (χ4n) is 7.29. The van der Waals surface area contributed by atoms with E-state index in [1.54, 1.807) is 11.3 Å². The van der Waals surface area contributed by atoms with Crippen LogP contribution in [0.25, 0.3) is 92.7 Å². The van der Waals surface area contributed by atoms with E-state index in [0.29, 0.717) is 5.82 Å². The molecule has 3 heterocycles. The van der Waals surface area contributed by atoms with Gasteiger partial charge in [-0.2, -0.15) is 0 Å². The summed E-state index contributed by atoms with van der Waals surface area (Å²) < 4.78 is 3.60. The van der Waals surface area contributed by atoms with Crippen LogP contribution in [-0.2, 0) is 0 Å². The maximum atomic E-state index is 5.32. The van der Waals surface area contributed by atoms with E-state index >= 15 is 0 Å². The van der Waals surface area contributed by atoms with Crippen molar-refractivity contribution in [2.24, 2.45) is 0 Å². The van der Waals surface area contributed by atoms with Crippen molar-refractivity contribution in [3.05, 3.63) is 176 Å². The van der Waals surface area contributed by atoms with Gasteiger partial charge in [0.15, 0.2) is 5.82 Å². The Hall–Kier alpha value is -6.36. The highest BCUT2D eigenvalue weighted by Crippen LogP contribution is 2.39.